The smallest absolute Gasteiger partial charge is 0.306 e. The molecule has 0 rings (SSSR count). The van der Waals surface area contributed by atoms with Crippen LogP contribution in [0.5, 0.6) is 0 Å². The maximum Gasteiger partial charge on any atom is 0.306 e. The van der Waals surface area contributed by atoms with E-state index in [9.17, 15) is 14.4 Å². The van der Waals surface area contributed by atoms with Crippen molar-refractivity contribution in [2.45, 2.75) is 393 Å². The Kier molecular flexibility index (Phi) is 66.6. The normalized spacial score (nSPS) is 12.3. The molecule has 0 aromatic heterocycles. The third-order valence-corrected chi connectivity index (χ3v) is 16.1. The molecule has 1 unspecified atom stereocenters. The first-order valence-electron chi connectivity index (χ1n) is 35.6. The molecule has 0 saturated heterocycles. The van der Waals surface area contributed by atoms with Gasteiger partial charge >= 0.3 is 17.9 Å². The molecule has 6 nitrogen and oxygen atoms in total. The van der Waals surface area contributed by atoms with E-state index in [2.05, 4.69) is 69.4 Å². The summed E-state index contributed by atoms with van der Waals surface area (Å²) in [5.41, 5.74) is 0. The number of unbranched alkanes of at least 4 members (excludes halogenated alkanes) is 47. The van der Waals surface area contributed by atoms with Crippen LogP contribution in [-0.4, -0.2) is 37.2 Å². The zero-order valence-electron chi connectivity index (χ0n) is 53.9. The second-order valence-corrected chi connectivity index (χ2v) is 24.1. The fraction of sp³-hybridized carbons (Fsp3) is 0.851. The third kappa shape index (κ3) is 66.2. The highest BCUT2D eigenvalue weighted by molar-refractivity contribution is 5.71. The lowest BCUT2D eigenvalue weighted by atomic mass is 10.0. The van der Waals surface area contributed by atoms with Gasteiger partial charge in [0.25, 0.3) is 0 Å². The maximum absolute atomic E-state index is 13.0. The Balaban J connectivity index is 4.28. The number of hydrogen-bond acceptors (Lipinski definition) is 6. The molecular formula is C74H136O6. The molecule has 6 heteroatoms. The number of carbonyl (C=O) groups is 3. The summed E-state index contributed by atoms with van der Waals surface area (Å²) in [5, 5.41) is 0. The Morgan fingerprint density at radius 1 is 0.263 bits per heavy atom. The van der Waals surface area contributed by atoms with Crippen molar-refractivity contribution in [3.8, 4) is 0 Å². The average molecular weight is 1120 g/mol. The van der Waals surface area contributed by atoms with Crippen LogP contribution in [0.2, 0.25) is 0 Å². The van der Waals surface area contributed by atoms with E-state index in [4.69, 9.17) is 14.2 Å². The molecule has 0 aliphatic rings. The molecule has 0 aromatic carbocycles. The highest BCUT2D eigenvalue weighted by Crippen LogP contribution is 2.18. The van der Waals surface area contributed by atoms with Crippen LogP contribution >= 0.6 is 0 Å². The zero-order chi connectivity index (χ0) is 57.8. The van der Waals surface area contributed by atoms with Crippen LogP contribution in [-0.2, 0) is 28.6 Å². The molecule has 0 N–H and O–H groups in total. The minimum atomic E-state index is -0.781. The highest BCUT2D eigenvalue weighted by atomic mass is 16.6. The summed E-state index contributed by atoms with van der Waals surface area (Å²) in [6.07, 6.45) is 87.2. The minimum absolute atomic E-state index is 0.0747. The Morgan fingerprint density at radius 2 is 0.487 bits per heavy atom. The van der Waals surface area contributed by atoms with Gasteiger partial charge in [0, 0.05) is 19.3 Å². The van der Waals surface area contributed by atoms with Crippen molar-refractivity contribution in [2.75, 3.05) is 13.2 Å². The average Bonchev–Trinajstić information content (AvgIpc) is 3.46. The fourth-order valence-corrected chi connectivity index (χ4v) is 10.8. The van der Waals surface area contributed by atoms with Crippen molar-refractivity contribution in [3.05, 3.63) is 48.6 Å². The Hall–Kier alpha value is -2.63. The fourth-order valence-electron chi connectivity index (χ4n) is 10.8. The van der Waals surface area contributed by atoms with Crippen LogP contribution in [0.3, 0.4) is 0 Å². The monoisotopic (exact) mass is 1120 g/mol. The first-order valence-corrected chi connectivity index (χ1v) is 35.6. The summed E-state index contributed by atoms with van der Waals surface area (Å²) in [6.45, 7) is 6.59. The van der Waals surface area contributed by atoms with Crippen LogP contribution in [0, 0.1) is 0 Å². The van der Waals surface area contributed by atoms with Gasteiger partial charge in [-0.05, 0) is 77.0 Å². The van der Waals surface area contributed by atoms with Crippen molar-refractivity contribution in [1.82, 2.24) is 0 Å². The topological polar surface area (TPSA) is 78.9 Å². The second-order valence-electron chi connectivity index (χ2n) is 24.1. The van der Waals surface area contributed by atoms with Crippen LogP contribution in [0.15, 0.2) is 48.6 Å². The van der Waals surface area contributed by atoms with Crippen LogP contribution in [0.1, 0.15) is 387 Å². The number of carbonyl (C=O) groups excluding carboxylic acids is 3. The van der Waals surface area contributed by atoms with Crippen molar-refractivity contribution >= 4 is 17.9 Å². The Morgan fingerprint density at radius 3 is 0.775 bits per heavy atom. The maximum atomic E-state index is 13.0. The second kappa shape index (κ2) is 68.9. The van der Waals surface area contributed by atoms with Crippen molar-refractivity contribution in [2.24, 2.45) is 0 Å². The van der Waals surface area contributed by atoms with Crippen molar-refractivity contribution < 1.29 is 28.6 Å². The summed E-state index contributed by atoms with van der Waals surface area (Å²) in [6, 6.07) is 0. The van der Waals surface area contributed by atoms with E-state index in [0.717, 1.165) is 96.3 Å². The predicted molar refractivity (Wildman–Crippen MR) is 349 cm³/mol. The van der Waals surface area contributed by atoms with Gasteiger partial charge in [-0.1, -0.05) is 339 Å². The van der Waals surface area contributed by atoms with E-state index in [1.54, 1.807) is 0 Å². The Labute approximate surface area is 498 Å². The number of allylic oxidation sites excluding steroid dienone is 8. The largest absolute Gasteiger partial charge is 0.462 e. The van der Waals surface area contributed by atoms with E-state index in [0.29, 0.717) is 19.3 Å². The van der Waals surface area contributed by atoms with Gasteiger partial charge in [0.05, 0.1) is 0 Å². The van der Waals surface area contributed by atoms with E-state index >= 15 is 0 Å². The van der Waals surface area contributed by atoms with Gasteiger partial charge in [-0.25, -0.2) is 0 Å². The number of rotatable bonds is 66. The van der Waals surface area contributed by atoms with Gasteiger partial charge in [0.15, 0.2) is 6.10 Å². The molecule has 0 fully saturated rings. The zero-order valence-corrected chi connectivity index (χ0v) is 53.9. The molecule has 0 aliphatic carbocycles. The molecule has 0 radical (unpaired) electrons. The van der Waals surface area contributed by atoms with Crippen LogP contribution < -0.4 is 0 Å². The summed E-state index contributed by atoms with van der Waals surface area (Å²) >= 11 is 0. The predicted octanol–water partition coefficient (Wildman–Crippen LogP) is 24.5. The van der Waals surface area contributed by atoms with Crippen molar-refractivity contribution in [3.63, 3.8) is 0 Å². The van der Waals surface area contributed by atoms with Crippen molar-refractivity contribution in [1.29, 1.82) is 0 Å². The van der Waals surface area contributed by atoms with Crippen LogP contribution in [0.4, 0.5) is 0 Å². The summed E-state index contributed by atoms with van der Waals surface area (Å²) in [4.78, 5) is 38.5. The highest BCUT2D eigenvalue weighted by Gasteiger charge is 2.19. The summed E-state index contributed by atoms with van der Waals surface area (Å²) in [7, 11) is 0. The van der Waals surface area contributed by atoms with Crippen LogP contribution in [0.25, 0.3) is 0 Å². The van der Waals surface area contributed by atoms with E-state index in [1.807, 2.05) is 0 Å². The molecule has 0 saturated carbocycles. The SMILES string of the molecule is CC/C=C\C/C=C\C/C=C\CCCCCCCC(=O)OCC(COC(=O)CCCCCCCCCCCCCCCCCCCCCCCCCC)OC(=O)CCCCCCCCCCCCC/C=C\CCCCCCCCCC. The van der Waals surface area contributed by atoms with Gasteiger partial charge < -0.3 is 14.2 Å². The summed E-state index contributed by atoms with van der Waals surface area (Å²) in [5.74, 6) is -0.866. The minimum Gasteiger partial charge on any atom is -0.462 e. The van der Waals surface area contributed by atoms with Gasteiger partial charge in [-0.3, -0.25) is 14.4 Å². The molecule has 0 heterocycles. The quantitative estimate of drug-likeness (QED) is 0.0261. The molecular weight excluding hydrogens is 985 g/mol. The lowest BCUT2D eigenvalue weighted by molar-refractivity contribution is -0.167. The lowest BCUT2D eigenvalue weighted by Gasteiger charge is -2.18. The van der Waals surface area contributed by atoms with E-state index in [-0.39, 0.29) is 31.1 Å². The number of esters is 3. The first kappa shape index (κ1) is 77.4. The molecule has 0 spiro atoms. The van der Waals surface area contributed by atoms with E-state index in [1.165, 1.54) is 250 Å². The number of hydrogen-bond donors (Lipinski definition) is 0. The molecule has 0 amide bonds. The van der Waals surface area contributed by atoms with Gasteiger partial charge in [-0.2, -0.15) is 0 Å². The summed E-state index contributed by atoms with van der Waals surface area (Å²) < 4.78 is 17.0. The molecule has 1 atom stereocenters. The molecule has 0 bridgehead atoms. The van der Waals surface area contributed by atoms with Gasteiger partial charge in [0.1, 0.15) is 13.2 Å². The molecule has 80 heavy (non-hydrogen) atoms. The molecule has 0 aromatic rings. The number of ether oxygens (including phenoxy) is 3. The Bertz CT molecular complexity index is 1380. The third-order valence-electron chi connectivity index (χ3n) is 16.1. The standard InChI is InChI=1S/C74H136O6/c1-4-7-10-13-16-19-22-25-28-30-32-34-36-38-39-41-43-46-49-52-55-58-61-64-67-73(76)79-70-71(69-78-72(75)66-63-60-57-54-51-48-45-27-24-21-18-15-12-9-6-3)80-74(77)68-65-62-59-56-53-50-47-44-42-40-37-35-33-31-29-26-23-20-17-14-11-8-5-2/h9,12,18,21,27,31,33,45,71H,4-8,10-11,13-17,19-20,22-26,28-30,32,34-44,46-70H2,1-3H3/b12-9-,21-18-,33-31-,45-27-. The van der Waals surface area contributed by atoms with Gasteiger partial charge in [0.2, 0.25) is 0 Å². The molecule has 468 valence electrons. The van der Waals surface area contributed by atoms with E-state index < -0.39 is 6.10 Å². The lowest BCUT2D eigenvalue weighted by Crippen LogP contribution is -2.30. The van der Waals surface area contributed by atoms with Gasteiger partial charge in [-0.15, -0.1) is 0 Å². The molecule has 0 aliphatic heterocycles. The first-order chi connectivity index (χ1) is 39.5.